The van der Waals surface area contributed by atoms with Crippen LogP contribution in [-0.2, 0) is 0 Å². The van der Waals surface area contributed by atoms with E-state index in [1.807, 2.05) is 42.7 Å². The molecule has 3 heteroatoms. The van der Waals surface area contributed by atoms with E-state index in [0.29, 0.717) is 5.56 Å². The Balaban J connectivity index is 1.95. The predicted octanol–water partition coefficient (Wildman–Crippen LogP) is 4.87. The van der Waals surface area contributed by atoms with Crippen molar-refractivity contribution >= 4 is 10.9 Å². The van der Waals surface area contributed by atoms with Gasteiger partial charge in [-0.1, -0.05) is 24.3 Å². The minimum atomic E-state index is 0.673. The Hall–Kier alpha value is -3.38. The molecule has 4 aromatic rings. The Morgan fingerprint density at radius 2 is 1.92 bits per heavy atom. The third-order valence-electron chi connectivity index (χ3n) is 4.31. The zero-order valence-electron chi connectivity index (χ0n) is 13.3. The number of nitriles is 1. The lowest BCUT2D eigenvalue weighted by molar-refractivity contribution is 1.07. The molecule has 24 heavy (non-hydrogen) atoms. The Bertz CT molecular complexity index is 1080. The van der Waals surface area contributed by atoms with Crippen molar-refractivity contribution in [3.8, 4) is 22.9 Å². The van der Waals surface area contributed by atoms with Gasteiger partial charge in [-0.05, 0) is 53.9 Å². The molecule has 0 aliphatic rings. The highest BCUT2D eigenvalue weighted by Gasteiger charge is 2.10. The highest BCUT2D eigenvalue weighted by Crippen LogP contribution is 2.31. The van der Waals surface area contributed by atoms with E-state index in [9.17, 15) is 0 Å². The molecule has 0 spiro atoms. The van der Waals surface area contributed by atoms with Crippen molar-refractivity contribution in [2.24, 2.45) is 0 Å². The van der Waals surface area contributed by atoms with Gasteiger partial charge in [0.1, 0.15) is 0 Å². The van der Waals surface area contributed by atoms with Crippen molar-refractivity contribution in [2.75, 3.05) is 0 Å². The van der Waals surface area contributed by atoms with E-state index in [0.717, 1.165) is 27.7 Å². The second kappa shape index (κ2) is 5.68. The Morgan fingerprint density at radius 1 is 1.04 bits per heavy atom. The standard InChI is InChI=1S/C21H15N3/c1-15-8-10-23-14-21(15)24-11-9-19-18(6-3-7-20(19)24)17-5-2-4-16(12-17)13-22/h2-12,14H,1H3. The van der Waals surface area contributed by atoms with Crippen LogP contribution in [0.3, 0.4) is 0 Å². The van der Waals surface area contributed by atoms with Gasteiger partial charge in [-0.2, -0.15) is 5.26 Å². The van der Waals surface area contributed by atoms with E-state index in [1.165, 1.54) is 5.56 Å². The molecule has 114 valence electrons. The van der Waals surface area contributed by atoms with Crippen LogP contribution in [0.15, 0.2) is 73.2 Å². The van der Waals surface area contributed by atoms with E-state index < -0.39 is 0 Å². The molecular formula is C21H15N3. The first-order chi connectivity index (χ1) is 11.8. The number of nitrogens with zero attached hydrogens (tertiary/aromatic N) is 3. The molecule has 4 rings (SSSR count). The summed E-state index contributed by atoms with van der Waals surface area (Å²) in [4.78, 5) is 4.25. The van der Waals surface area contributed by atoms with E-state index in [1.54, 1.807) is 0 Å². The summed E-state index contributed by atoms with van der Waals surface area (Å²) in [7, 11) is 0. The average Bonchev–Trinajstić information content (AvgIpc) is 3.06. The van der Waals surface area contributed by atoms with Crippen molar-refractivity contribution in [2.45, 2.75) is 6.92 Å². The molecular weight excluding hydrogens is 294 g/mol. The fraction of sp³-hybridized carbons (Fsp3) is 0.0476. The zero-order valence-corrected chi connectivity index (χ0v) is 13.3. The third kappa shape index (κ3) is 2.26. The Morgan fingerprint density at radius 3 is 2.75 bits per heavy atom. The molecule has 0 atom stereocenters. The van der Waals surface area contributed by atoms with Crippen LogP contribution in [-0.4, -0.2) is 9.55 Å². The highest BCUT2D eigenvalue weighted by atomic mass is 15.0. The molecule has 0 bridgehead atoms. The molecule has 0 amide bonds. The summed E-state index contributed by atoms with van der Waals surface area (Å²) in [5, 5.41) is 10.3. The molecule has 2 aromatic carbocycles. The number of hydrogen-bond donors (Lipinski definition) is 0. The first-order valence-corrected chi connectivity index (χ1v) is 7.79. The van der Waals surface area contributed by atoms with Crippen LogP contribution >= 0.6 is 0 Å². The first-order valence-electron chi connectivity index (χ1n) is 7.79. The van der Waals surface area contributed by atoms with Crippen molar-refractivity contribution in [3.05, 3.63) is 84.3 Å². The number of hydrogen-bond acceptors (Lipinski definition) is 2. The van der Waals surface area contributed by atoms with Gasteiger partial charge in [-0.25, -0.2) is 0 Å². The fourth-order valence-electron chi connectivity index (χ4n) is 3.09. The minimum Gasteiger partial charge on any atom is -0.315 e. The zero-order chi connectivity index (χ0) is 16.5. The molecule has 0 N–H and O–H groups in total. The van der Waals surface area contributed by atoms with Gasteiger partial charge in [0.25, 0.3) is 0 Å². The topological polar surface area (TPSA) is 41.6 Å². The highest BCUT2D eigenvalue weighted by molar-refractivity contribution is 5.96. The van der Waals surface area contributed by atoms with Crippen LogP contribution in [0.25, 0.3) is 27.7 Å². The molecule has 0 saturated carbocycles. The molecule has 2 heterocycles. The van der Waals surface area contributed by atoms with E-state index in [4.69, 9.17) is 5.26 Å². The van der Waals surface area contributed by atoms with Gasteiger partial charge in [0.15, 0.2) is 0 Å². The Kier molecular flexibility index (Phi) is 3.36. The van der Waals surface area contributed by atoms with Crippen LogP contribution < -0.4 is 0 Å². The van der Waals surface area contributed by atoms with Gasteiger partial charge in [0, 0.05) is 17.8 Å². The van der Waals surface area contributed by atoms with Gasteiger partial charge in [-0.15, -0.1) is 0 Å². The normalized spacial score (nSPS) is 10.7. The maximum absolute atomic E-state index is 9.14. The lowest BCUT2D eigenvalue weighted by atomic mass is 10.00. The number of aromatic nitrogens is 2. The maximum atomic E-state index is 9.14. The van der Waals surface area contributed by atoms with E-state index >= 15 is 0 Å². The summed E-state index contributed by atoms with van der Waals surface area (Å²) in [6.07, 6.45) is 5.77. The number of fused-ring (bicyclic) bond motifs is 1. The molecule has 0 fully saturated rings. The Labute approximate surface area is 140 Å². The van der Waals surface area contributed by atoms with Gasteiger partial charge in [-0.3, -0.25) is 4.98 Å². The van der Waals surface area contributed by atoms with Gasteiger partial charge in [0.2, 0.25) is 0 Å². The van der Waals surface area contributed by atoms with Crippen LogP contribution in [0, 0.1) is 18.3 Å². The minimum absolute atomic E-state index is 0.673. The number of aryl methyl sites for hydroxylation is 1. The molecule has 0 aliphatic heterocycles. The molecule has 0 aliphatic carbocycles. The van der Waals surface area contributed by atoms with Gasteiger partial charge < -0.3 is 4.57 Å². The van der Waals surface area contributed by atoms with Crippen LogP contribution in [0.1, 0.15) is 11.1 Å². The number of rotatable bonds is 2. The van der Waals surface area contributed by atoms with Gasteiger partial charge in [0.05, 0.1) is 29.0 Å². The van der Waals surface area contributed by atoms with Crippen molar-refractivity contribution in [3.63, 3.8) is 0 Å². The molecule has 3 nitrogen and oxygen atoms in total. The van der Waals surface area contributed by atoms with Gasteiger partial charge >= 0.3 is 0 Å². The fourth-order valence-corrected chi connectivity index (χ4v) is 3.09. The third-order valence-corrected chi connectivity index (χ3v) is 4.31. The average molecular weight is 309 g/mol. The summed E-state index contributed by atoms with van der Waals surface area (Å²) < 4.78 is 2.16. The molecule has 2 aromatic heterocycles. The molecule has 0 unspecified atom stereocenters. The monoisotopic (exact) mass is 309 g/mol. The second-order valence-electron chi connectivity index (χ2n) is 5.78. The second-order valence-corrected chi connectivity index (χ2v) is 5.78. The summed E-state index contributed by atoms with van der Waals surface area (Å²) >= 11 is 0. The summed E-state index contributed by atoms with van der Waals surface area (Å²) in [5.74, 6) is 0. The smallest absolute Gasteiger partial charge is 0.0991 e. The SMILES string of the molecule is Cc1ccncc1-n1ccc2c(-c3cccc(C#N)c3)cccc21. The van der Waals surface area contributed by atoms with Crippen molar-refractivity contribution in [1.82, 2.24) is 9.55 Å². The first kappa shape index (κ1) is 14.2. The summed E-state index contributed by atoms with van der Waals surface area (Å²) in [6, 6.07) is 20.3. The summed E-state index contributed by atoms with van der Waals surface area (Å²) in [6.45, 7) is 2.09. The lowest BCUT2D eigenvalue weighted by Crippen LogP contribution is -1.95. The lowest BCUT2D eigenvalue weighted by Gasteiger charge is -2.09. The largest absolute Gasteiger partial charge is 0.315 e. The van der Waals surface area contributed by atoms with Crippen molar-refractivity contribution < 1.29 is 0 Å². The molecule has 0 saturated heterocycles. The molecule has 0 radical (unpaired) electrons. The quantitative estimate of drug-likeness (QED) is 0.530. The number of benzene rings is 2. The van der Waals surface area contributed by atoms with Crippen LogP contribution in [0.5, 0.6) is 0 Å². The maximum Gasteiger partial charge on any atom is 0.0991 e. The van der Waals surface area contributed by atoms with Crippen LogP contribution in [0.2, 0.25) is 0 Å². The predicted molar refractivity (Wildman–Crippen MR) is 96.0 cm³/mol. The van der Waals surface area contributed by atoms with Crippen molar-refractivity contribution in [1.29, 1.82) is 5.26 Å². The number of pyridine rings is 1. The van der Waals surface area contributed by atoms with E-state index in [2.05, 4.69) is 53.0 Å². The van der Waals surface area contributed by atoms with E-state index in [-0.39, 0.29) is 0 Å². The van der Waals surface area contributed by atoms with Crippen LogP contribution in [0.4, 0.5) is 0 Å². The summed E-state index contributed by atoms with van der Waals surface area (Å²) in [5.41, 5.74) is 6.25.